The number of fused-ring (bicyclic) bond motifs is 1. The molecule has 1 unspecified atom stereocenters. The monoisotopic (exact) mass is 275 g/mol. The van der Waals surface area contributed by atoms with Crippen molar-refractivity contribution in [3.05, 3.63) is 83.9 Å². The van der Waals surface area contributed by atoms with Gasteiger partial charge in [-0.05, 0) is 34.1 Å². The second-order valence-corrected chi connectivity index (χ2v) is 4.78. The lowest BCUT2D eigenvalue weighted by Gasteiger charge is -2.14. The summed E-state index contributed by atoms with van der Waals surface area (Å²) in [6, 6.07) is 24.7. The van der Waals surface area contributed by atoms with Crippen molar-refractivity contribution >= 4 is 28.2 Å². The summed E-state index contributed by atoms with van der Waals surface area (Å²) >= 11 is 4.83. The molecule has 0 aromatic heterocycles. The first-order valence-corrected chi connectivity index (χ1v) is 6.90. The Kier molecular flexibility index (Phi) is 3.69. The van der Waals surface area contributed by atoms with Crippen LogP contribution < -0.4 is 0 Å². The topological polar surface area (TPSA) is 12.4 Å². The van der Waals surface area contributed by atoms with Crippen LogP contribution in [0.1, 0.15) is 17.2 Å². The summed E-state index contributed by atoms with van der Waals surface area (Å²) in [5.74, 6) is 0. The Hall–Kier alpha value is -2.28. The molecule has 0 amide bonds. The quantitative estimate of drug-likeness (QED) is 0.482. The van der Waals surface area contributed by atoms with E-state index in [2.05, 4.69) is 58.7 Å². The second-order valence-electron chi connectivity index (χ2n) is 4.60. The van der Waals surface area contributed by atoms with E-state index in [1.165, 1.54) is 10.8 Å². The number of hydrogen-bond donors (Lipinski definition) is 0. The number of thiocarbonyl (C=S) groups is 1. The molecule has 3 aromatic rings. The van der Waals surface area contributed by atoms with Gasteiger partial charge >= 0.3 is 0 Å². The number of rotatable bonds is 3. The van der Waals surface area contributed by atoms with E-state index in [0.29, 0.717) is 0 Å². The molecular formula is C18H13NS. The number of isothiocyanates is 1. The minimum Gasteiger partial charge on any atom is -0.219 e. The fourth-order valence-corrected chi connectivity index (χ4v) is 2.61. The van der Waals surface area contributed by atoms with E-state index in [0.717, 1.165) is 11.1 Å². The van der Waals surface area contributed by atoms with Crippen LogP contribution in [0.15, 0.2) is 77.8 Å². The van der Waals surface area contributed by atoms with Crippen LogP contribution in [0.3, 0.4) is 0 Å². The van der Waals surface area contributed by atoms with Gasteiger partial charge in [0.1, 0.15) is 6.04 Å². The molecule has 0 spiro atoms. The molecule has 0 aliphatic rings. The molecule has 0 bridgehead atoms. The predicted octanol–water partition coefficient (Wildman–Crippen LogP) is 5.03. The molecule has 0 heterocycles. The van der Waals surface area contributed by atoms with Crippen molar-refractivity contribution in [3.8, 4) is 0 Å². The molecule has 0 saturated heterocycles. The van der Waals surface area contributed by atoms with Gasteiger partial charge in [-0.3, -0.25) is 0 Å². The lowest BCUT2D eigenvalue weighted by molar-refractivity contribution is 0.891. The van der Waals surface area contributed by atoms with Crippen LogP contribution in [-0.2, 0) is 0 Å². The highest BCUT2D eigenvalue weighted by molar-refractivity contribution is 7.78. The lowest BCUT2D eigenvalue weighted by atomic mass is 9.94. The number of benzene rings is 3. The summed E-state index contributed by atoms with van der Waals surface area (Å²) in [7, 11) is 0. The van der Waals surface area contributed by atoms with Gasteiger partial charge in [0.2, 0.25) is 0 Å². The maximum atomic E-state index is 4.83. The van der Waals surface area contributed by atoms with E-state index in [4.69, 9.17) is 12.2 Å². The average molecular weight is 275 g/mol. The van der Waals surface area contributed by atoms with E-state index < -0.39 is 0 Å². The SMILES string of the molecule is S=C=NC(c1ccccc1)c1cccc2ccccc12. The van der Waals surface area contributed by atoms with Crippen LogP contribution in [0, 0.1) is 0 Å². The van der Waals surface area contributed by atoms with Crippen LogP contribution in [-0.4, -0.2) is 5.16 Å². The first kappa shape index (κ1) is 12.7. The van der Waals surface area contributed by atoms with Crippen molar-refractivity contribution in [2.24, 2.45) is 4.99 Å². The highest BCUT2D eigenvalue weighted by Crippen LogP contribution is 2.31. The summed E-state index contributed by atoms with van der Waals surface area (Å²) in [5.41, 5.74) is 2.29. The zero-order valence-corrected chi connectivity index (χ0v) is 11.7. The summed E-state index contributed by atoms with van der Waals surface area (Å²) < 4.78 is 0. The lowest BCUT2D eigenvalue weighted by Crippen LogP contribution is -1.98. The van der Waals surface area contributed by atoms with Gasteiger partial charge in [-0.1, -0.05) is 72.8 Å². The highest BCUT2D eigenvalue weighted by atomic mass is 32.1. The number of aliphatic imine (C=N–C) groups is 1. The molecule has 0 radical (unpaired) electrons. The van der Waals surface area contributed by atoms with Crippen LogP contribution >= 0.6 is 12.2 Å². The van der Waals surface area contributed by atoms with Crippen molar-refractivity contribution in [3.63, 3.8) is 0 Å². The third-order valence-corrected chi connectivity index (χ3v) is 3.52. The van der Waals surface area contributed by atoms with Crippen molar-refractivity contribution in [2.75, 3.05) is 0 Å². The Balaban J connectivity index is 2.23. The third kappa shape index (κ3) is 2.39. The van der Waals surface area contributed by atoms with Crippen molar-refractivity contribution in [1.82, 2.24) is 0 Å². The first-order chi connectivity index (χ1) is 9.90. The minimum absolute atomic E-state index is 0.0974. The molecule has 3 rings (SSSR count). The Morgan fingerprint density at radius 3 is 2.30 bits per heavy atom. The Labute approximate surface area is 123 Å². The van der Waals surface area contributed by atoms with Crippen LogP contribution in [0.4, 0.5) is 0 Å². The zero-order valence-electron chi connectivity index (χ0n) is 10.9. The Bertz CT molecular complexity index is 768. The average Bonchev–Trinajstić information content (AvgIpc) is 2.53. The second kappa shape index (κ2) is 5.79. The van der Waals surface area contributed by atoms with Crippen LogP contribution in [0.2, 0.25) is 0 Å². The summed E-state index contributed by atoms with van der Waals surface area (Å²) in [6.07, 6.45) is 0. The van der Waals surface area contributed by atoms with E-state index in [9.17, 15) is 0 Å². The molecular weight excluding hydrogens is 262 g/mol. The van der Waals surface area contributed by atoms with Crippen molar-refractivity contribution in [1.29, 1.82) is 0 Å². The minimum atomic E-state index is -0.0974. The first-order valence-electron chi connectivity index (χ1n) is 6.50. The largest absolute Gasteiger partial charge is 0.219 e. The maximum absolute atomic E-state index is 4.83. The van der Waals surface area contributed by atoms with Gasteiger partial charge in [0, 0.05) is 0 Å². The number of hydrogen-bond acceptors (Lipinski definition) is 2. The van der Waals surface area contributed by atoms with E-state index in [-0.39, 0.29) is 6.04 Å². The maximum Gasteiger partial charge on any atom is 0.111 e. The van der Waals surface area contributed by atoms with Crippen LogP contribution in [0.25, 0.3) is 10.8 Å². The van der Waals surface area contributed by atoms with Gasteiger partial charge in [-0.25, -0.2) is 4.99 Å². The molecule has 0 saturated carbocycles. The van der Waals surface area contributed by atoms with E-state index in [1.807, 2.05) is 24.3 Å². The standard InChI is InChI=1S/C18H13NS/c20-13-19-18(15-8-2-1-3-9-15)17-12-6-10-14-7-4-5-11-16(14)17/h1-12,18H. The van der Waals surface area contributed by atoms with Gasteiger partial charge in [0.15, 0.2) is 0 Å². The summed E-state index contributed by atoms with van der Waals surface area (Å²) in [5, 5.41) is 4.96. The van der Waals surface area contributed by atoms with E-state index in [1.54, 1.807) is 0 Å². The van der Waals surface area contributed by atoms with Crippen molar-refractivity contribution in [2.45, 2.75) is 6.04 Å². The molecule has 20 heavy (non-hydrogen) atoms. The normalized spacial score (nSPS) is 11.8. The molecule has 2 heteroatoms. The molecule has 96 valence electrons. The van der Waals surface area contributed by atoms with Gasteiger partial charge in [0.05, 0.1) is 5.16 Å². The molecule has 1 nitrogen and oxygen atoms in total. The fourth-order valence-electron chi connectivity index (χ4n) is 2.50. The van der Waals surface area contributed by atoms with Gasteiger partial charge < -0.3 is 0 Å². The van der Waals surface area contributed by atoms with Gasteiger partial charge in [0.25, 0.3) is 0 Å². The Morgan fingerprint density at radius 2 is 1.50 bits per heavy atom. The van der Waals surface area contributed by atoms with Crippen LogP contribution in [0.5, 0.6) is 0 Å². The smallest absolute Gasteiger partial charge is 0.111 e. The van der Waals surface area contributed by atoms with Gasteiger partial charge in [-0.15, -0.1) is 0 Å². The molecule has 0 aliphatic carbocycles. The molecule has 0 fully saturated rings. The molecule has 3 aromatic carbocycles. The highest BCUT2D eigenvalue weighted by Gasteiger charge is 2.14. The molecule has 0 aliphatic heterocycles. The molecule has 1 atom stereocenters. The summed E-state index contributed by atoms with van der Waals surface area (Å²) in [4.78, 5) is 4.38. The van der Waals surface area contributed by atoms with Crippen molar-refractivity contribution < 1.29 is 0 Å². The third-order valence-electron chi connectivity index (χ3n) is 3.42. The van der Waals surface area contributed by atoms with E-state index >= 15 is 0 Å². The summed E-state index contributed by atoms with van der Waals surface area (Å²) in [6.45, 7) is 0. The Morgan fingerprint density at radius 1 is 0.800 bits per heavy atom. The predicted molar refractivity (Wildman–Crippen MR) is 87.3 cm³/mol. The fraction of sp³-hybridized carbons (Fsp3) is 0.0556. The zero-order chi connectivity index (χ0) is 13.8. The number of nitrogens with zero attached hydrogens (tertiary/aromatic N) is 1. The molecule has 0 N–H and O–H groups in total. The van der Waals surface area contributed by atoms with Gasteiger partial charge in [-0.2, -0.15) is 0 Å².